The smallest absolute Gasteiger partial charge is 0.328 e. The second-order valence-corrected chi connectivity index (χ2v) is 3.25. The van der Waals surface area contributed by atoms with Crippen molar-refractivity contribution in [3.05, 3.63) is 24.3 Å². The Balaban J connectivity index is 3.16. The number of guanidine groups is 1. The zero-order chi connectivity index (χ0) is 11.4. The quantitative estimate of drug-likeness (QED) is 0.326. The van der Waals surface area contributed by atoms with Crippen LogP contribution in [0.1, 0.15) is 0 Å². The summed E-state index contributed by atoms with van der Waals surface area (Å²) >= 11 is 4.19. The van der Waals surface area contributed by atoms with Crippen LogP contribution in [-0.2, 0) is 0 Å². The van der Waals surface area contributed by atoms with Crippen LogP contribution >= 0.6 is 12.6 Å². The molecule has 0 aliphatic heterocycles. The highest BCUT2D eigenvalue weighted by Gasteiger charge is 2.18. The fraction of sp³-hybridized carbons (Fsp3) is 0.111. The van der Waals surface area contributed by atoms with E-state index in [1.54, 1.807) is 24.3 Å². The average Bonchev–Trinajstić information content (AvgIpc) is 2.20. The summed E-state index contributed by atoms with van der Waals surface area (Å²) in [6, 6.07) is 6.45. The second kappa shape index (κ2) is 4.70. The number of amides is 2. The average molecular weight is 224 g/mol. The van der Waals surface area contributed by atoms with Gasteiger partial charge in [-0.25, -0.2) is 9.69 Å². The van der Waals surface area contributed by atoms with Crippen molar-refractivity contribution in [2.75, 3.05) is 11.9 Å². The zero-order valence-electron chi connectivity index (χ0n) is 8.19. The molecular formula is C9H12N4OS. The number of carbonyl (C=O) groups is 1. The van der Waals surface area contributed by atoms with E-state index in [4.69, 9.17) is 11.1 Å². The fourth-order valence-electron chi connectivity index (χ4n) is 1.11. The predicted molar refractivity (Wildman–Crippen MR) is 62.5 cm³/mol. The number of thiol groups is 1. The number of nitrogens with one attached hydrogen (secondary N) is 2. The Morgan fingerprint density at radius 2 is 2.13 bits per heavy atom. The van der Waals surface area contributed by atoms with Gasteiger partial charge in [0.25, 0.3) is 0 Å². The van der Waals surface area contributed by atoms with Gasteiger partial charge in [0, 0.05) is 11.9 Å². The van der Waals surface area contributed by atoms with E-state index in [1.165, 1.54) is 7.05 Å². The molecule has 2 amide bonds. The van der Waals surface area contributed by atoms with Gasteiger partial charge in [-0.05, 0) is 12.1 Å². The van der Waals surface area contributed by atoms with Crippen LogP contribution in [0.4, 0.5) is 10.5 Å². The first-order chi connectivity index (χ1) is 7.07. The third-order valence-corrected chi connectivity index (χ3v) is 2.16. The van der Waals surface area contributed by atoms with Crippen LogP contribution in [0.2, 0.25) is 0 Å². The van der Waals surface area contributed by atoms with Crippen molar-refractivity contribution in [1.82, 2.24) is 5.32 Å². The molecule has 15 heavy (non-hydrogen) atoms. The van der Waals surface area contributed by atoms with E-state index >= 15 is 0 Å². The minimum Gasteiger partial charge on any atom is -0.369 e. The summed E-state index contributed by atoms with van der Waals surface area (Å²) in [5.74, 6) is -0.351. The van der Waals surface area contributed by atoms with Crippen LogP contribution in [0.25, 0.3) is 0 Å². The Morgan fingerprint density at radius 1 is 1.53 bits per heavy atom. The van der Waals surface area contributed by atoms with Crippen LogP contribution in [0.5, 0.6) is 0 Å². The highest BCUT2D eigenvalue weighted by Crippen LogP contribution is 2.23. The van der Waals surface area contributed by atoms with Gasteiger partial charge in [0.1, 0.15) is 0 Å². The van der Waals surface area contributed by atoms with E-state index in [1.807, 2.05) is 0 Å². The molecule has 4 N–H and O–H groups in total. The van der Waals surface area contributed by atoms with Gasteiger partial charge in [-0.3, -0.25) is 5.41 Å². The number of rotatable bonds is 1. The molecular weight excluding hydrogens is 212 g/mol. The molecule has 0 aliphatic carbocycles. The third-order valence-electron chi connectivity index (χ3n) is 1.78. The number of nitrogens with zero attached hydrogens (tertiary/aromatic N) is 1. The summed E-state index contributed by atoms with van der Waals surface area (Å²) in [5.41, 5.74) is 5.81. The van der Waals surface area contributed by atoms with E-state index < -0.39 is 6.03 Å². The van der Waals surface area contributed by atoms with Gasteiger partial charge in [0.2, 0.25) is 5.96 Å². The maximum absolute atomic E-state index is 11.5. The molecule has 0 aromatic heterocycles. The first kappa shape index (κ1) is 11.4. The number of hydrogen-bond acceptors (Lipinski definition) is 3. The maximum atomic E-state index is 11.5. The van der Waals surface area contributed by atoms with Gasteiger partial charge in [-0.15, -0.1) is 12.6 Å². The molecule has 80 valence electrons. The van der Waals surface area contributed by atoms with Crippen molar-refractivity contribution in [1.29, 1.82) is 5.41 Å². The molecule has 6 heteroatoms. The largest absolute Gasteiger partial charge is 0.369 e. The molecule has 0 bridgehead atoms. The predicted octanol–water partition coefficient (Wildman–Crippen LogP) is 1.01. The van der Waals surface area contributed by atoms with Crippen LogP contribution in [0.3, 0.4) is 0 Å². The van der Waals surface area contributed by atoms with Gasteiger partial charge in [-0.2, -0.15) is 0 Å². The summed E-state index contributed by atoms with van der Waals surface area (Å²) in [7, 11) is 1.47. The molecule has 0 atom stereocenters. The summed E-state index contributed by atoms with van der Waals surface area (Å²) in [4.78, 5) is 13.1. The lowest BCUT2D eigenvalue weighted by Crippen LogP contribution is -2.46. The van der Waals surface area contributed by atoms with Gasteiger partial charge in [-0.1, -0.05) is 12.1 Å². The molecule has 0 fully saturated rings. The Kier molecular flexibility index (Phi) is 3.56. The van der Waals surface area contributed by atoms with E-state index in [9.17, 15) is 4.79 Å². The monoisotopic (exact) mass is 224 g/mol. The van der Waals surface area contributed by atoms with E-state index in [0.29, 0.717) is 10.6 Å². The molecule has 0 radical (unpaired) electrons. The highest BCUT2D eigenvalue weighted by atomic mass is 32.1. The molecule has 1 aromatic carbocycles. The van der Waals surface area contributed by atoms with Gasteiger partial charge in [0.15, 0.2) is 0 Å². The topological polar surface area (TPSA) is 82.2 Å². The van der Waals surface area contributed by atoms with Crippen LogP contribution in [0, 0.1) is 5.41 Å². The lowest BCUT2D eigenvalue weighted by Gasteiger charge is -2.21. The maximum Gasteiger partial charge on any atom is 0.328 e. The lowest BCUT2D eigenvalue weighted by atomic mass is 10.3. The minimum atomic E-state index is -0.469. The van der Waals surface area contributed by atoms with E-state index in [0.717, 1.165) is 4.90 Å². The number of carbonyl (C=O) groups excluding carboxylic acids is 1. The first-order valence-electron chi connectivity index (χ1n) is 4.21. The highest BCUT2D eigenvalue weighted by molar-refractivity contribution is 7.80. The van der Waals surface area contributed by atoms with Crippen molar-refractivity contribution in [2.45, 2.75) is 4.90 Å². The Labute approximate surface area is 93.2 Å². The molecule has 5 nitrogen and oxygen atoms in total. The van der Waals surface area contributed by atoms with Gasteiger partial charge >= 0.3 is 6.03 Å². The first-order valence-corrected chi connectivity index (χ1v) is 4.66. The van der Waals surface area contributed by atoms with Crippen molar-refractivity contribution >= 4 is 30.3 Å². The molecule has 0 aliphatic rings. The number of para-hydroxylation sites is 1. The lowest BCUT2D eigenvalue weighted by molar-refractivity contribution is 0.251. The summed E-state index contributed by atoms with van der Waals surface area (Å²) in [6.07, 6.45) is 0. The Hall–Kier alpha value is -1.69. The van der Waals surface area contributed by atoms with E-state index in [-0.39, 0.29) is 5.96 Å². The normalized spacial score (nSPS) is 9.47. The molecule has 0 saturated heterocycles. The van der Waals surface area contributed by atoms with Crippen LogP contribution < -0.4 is 16.0 Å². The fourth-order valence-corrected chi connectivity index (χ4v) is 1.37. The summed E-state index contributed by atoms with van der Waals surface area (Å²) in [6.45, 7) is 0. The third kappa shape index (κ3) is 2.41. The number of urea groups is 1. The molecule has 0 spiro atoms. The van der Waals surface area contributed by atoms with Crippen molar-refractivity contribution in [3.8, 4) is 0 Å². The number of hydrogen-bond donors (Lipinski definition) is 4. The van der Waals surface area contributed by atoms with Gasteiger partial charge < -0.3 is 11.1 Å². The Morgan fingerprint density at radius 3 is 2.60 bits per heavy atom. The molecule has 1 aromatic rings. The molecule has 1 rings (SSSR count). The number of benzene rings is 1. The number of nitrogens with two attached hydrogens (primary N) is 1. The Bertz CT molecular complexity index is 393. The van der Waals surface area contributed by atoms with E-state index in [2.05, 4.69) is 17.9 Å². The molecule has 0 unspecified atom stereocenters. The zero-order valence-corrected chi connectivity index (χ0v) is 9.08. The standard InChI is InChI=1S/C9H12N4OS/c1-12-9(14)13(8(10)11)6-4-2-3-5-7(6)15/h2-5,15H,1H3,(H3,10,11)(H,12,14). The molecule has 0 saturated carbocycles. The summed E-state index contributed by atoms with van der Waals surface area (Å²) < 4.78 is 0. The van der Waals surface area contributed by atoms with Crippen molar-refractivity contribution in [3.63, 3.8) is 0 Å². The SMILES string of the molecule is CNC(=O)N(C(=N)N)c1ccccc1S. The minimum absolute atomic E-state index is 0.351. The molecule has 0 heterocycles. The van der Waals surface area contributed by atoms with Crippen molar-refractivity contribution < 1.29 is 4.79 Å². The van der Waals surface area contributed by atoms with Crippen LogP contribution in [0.15, 0.2) is 29.2 Å². The van der Waals surface area contributed by atoms with Gasteiger partial charge in [0.05, 0.1) is 5.69 Å². The summed E-state index contributed by atoms with van der Waals surface area (Å²) in [5, 5.41) is 9.73. The van der Waals surface area contributed by atoms with Crippen LogP contribution in [-0.4, -0.2) is 19.0 Å². The van der Waals surface area contributed by atoms with Crippen molar-refractivity contribution in [2.24, 2.45) is 5.73 Å². The number of anilines is 1. The second-order valence-electron chi connectivity index (χ2n) is 2.76.